The largest absolute Gasteiger partial charge is 0.357 e. The van der Waals surface area contributed by atoms with Crippen LogP contribution >= 0.6 is 39.9 Å². The van der Waals surface area contributed by atoms with Gasteiger partial charge >= 0.3 is 0 Å². The molecule has 0 saturated carbocycles. The first-order chi connectivity index (χ1) is 12.5. The maximum absolute atomic E-state index is 11.0. The zero-order chi connectivity index (χ0) is 18.9. The van der Waals surface area contributed by atoms with Crippen molar-refractivity contribution in [3.8, 4) is 0 Å². The average molecular weight is 552 g/mol. The number of rotatable bonds is 6. The Morgan fingerprint density at radius 1 is 1.19 bits per heavy atom. The molecular weight excluding hydrogens is 521 g/mol. The molecule has 1 aromatic rings. The molecule has 1 heterocycles. The lowest BCUT2D eigenvalue weighted by molar-refractivity contribution is -0.118. The van der Waals surface area contributed by atoms with E-state index in [-0.39, 0.29) is 29.9 Å². The molecule has 2 rings (SSSR count). The second-order valence-electron chi connectivity index (χ2n) is 6.47. The van der Waals surface area contributed by atoms with E-state index < -0.39 is 0 Å². The Morgan fingerprint density at radius 2 is 1.81 bits per heavy atom. The molecule has 8 heteroatoms. The number of piperazine rings is 1. The Labute approximate surface area is 188 Å². The van der Waals surface area contributed by atoms with Crippen LogP contribution in [0.15, 0.2) is 33.7 Å². The number of nitrogens with zero attached hydrogens (tertiary/aromatic N) is 3. The molecule has 6 nitrogen and oxygen atoms in total. The van der Waals surface area contributed by atoms with Gasteiger partial charge in [0, 0.05) is 56.7 Å². The number of benzene rings is 1. The number of hydrogen-bond donors (Lipinski definition) is 2. The van der Waals surface area contributed by atoms with Crippen molar-refractivity contribution in [1.82, 2.24) is 20.4 Å². The predicted molar refractivity (Wildman–Crippen MR) is 126 cm³/mol. The van der Waals surface area contributed by atoms with Crippen LogP contribution in [0.4, 0.5) is 0 Å². The molecule has 27 heavy (non-hydrogen) atoms. The molecule has 152 valence electrons. The van der Waals surface area contributed by atoms with E-state index >= 15 is 0 Å². The summed E-state index contributed by atoms with van der Waals surface area (Å²) in [7, 11) is 0. The highest BCUT2D eigenvalue weighted by molar-refractivity contribution is 14.0. The Kier molecular flexibility index (Phi) is 11.2. The van der Waals surface area contributed by atoms with Crippen molar-refractivity contribution in [1.29, 1.82) is 0 Å². The highest BCUT2D eigenvalue weighted by Crippen LogP contribution is 2.23. The average Bonchev–Trinajstić information content (AvgIpc) is 2.64. The molecule has 0 bridgehead atoms. The molecule has 1 saturated heterocycles. The molecule has 1 amide bonds. The van der Waals surface area contributed by atoms with Gasteiger partial charge in [0.15, 0.2) is 5.96 Å². The molecule has 2 N–H and O–H groups in total. The Balaban J connectivity index is 0.00000364. The summed E-state index contributed by atoms with van der Waals surface area (Å²) in [6.45, 7) is 11.8. The summed E-state index contributed by atoms with van der Waals surface area (Å²) in [5.74, 6) is 0.926. The summed E-state index contributed by atoms with van der Waals surface area (Å²) in [6.07, 6.45) is 0. The number of carbonyl (C=O) groups excluding carboxylic acids is 1. The van der Waals surface area contributed by atoms with E-state index in [2.05, 4.69) is 79.5 Å². The van der Waals surface area contributed by atoms with Crippen molar-refractivity contribution >= 4 is 51.8 Å². The van der Waals surface area contributed by atoms with Gasteiger partial charge in [0.1, 0.15) is 0 Å². The minimum atomic E-state index is -0.0132. The summed E-state index contributed by atoms with van der Waals surface area (Å²) in [6, 6.07) is 8.99. The molecule has 0 aliphatic carbocycles. The van der Waals surface area contributed by atoms with Crippen LogP contribution in [-0.2, 0) is 4.79 Å². The standard InChI is InChI=1S/C19H30BrN5O.HI/c1-4-21-19(23-10-9-22-16(3)26)25-13-11-24(12-14-25)15(2)17-5-7-18(20)8-6-17;/h5-8,15H,4,9-14H2,1-3H3,(H,21,23)(H,22,26);1H. The highest BCUT2D eigenvalue weighted by atomic mass is 127. The van der Waals surface area contributed by atoms with Gasteiger partial charge in [0.2, 0.25) is 5.91 Å². The fourth-order valence-corrected chi connectivity index (χ4v) is 3.36. The van der Waals surface area contributed by atoms with Crippen LogP contribution in [-0.4, -0.2) is 67.5 Å². The lowest BCUT2D eigenvalue weighted by Gasteiger charge is -2.39. The Hall–Kier alpha value is -0.870. The maximum atomic E-state index is 11.0. The molecule has 1 aromatic carbocycles. The molecule has 0 radical (unpaired) electrons. The smallest absolute Gasteiger partial charge is 0.216 e. The summed E-state index contributed by atoms with van der Waals surface area (Å²) in [5.41, 5.74) is 1.34. The lowest BCUT2D eigenvalue weighted by atomic mass is 10.1. The fraction of sp³-hybridized carbons (Fsp3) is 0.579. The van der Waals surface area contributed by atoms with Gasteiger partial charge in [-0.15, -0.1) is 24.0 Å². The number of nitrogens with one attached hydrogen (secondary N) is 2. The zero-order valence-corrected chi connectivity index (χ0v) is 20.3. The quantitative estimate of drug-likeness (QED) is 0.247. The minimum Gasteiger partial charge on any atom is -0.357 e. The SMILES string of the molecule is CCNC(=NCCNC(C)=O)N1CCN(C(C)c2ccc(Br)cc2)CC1.I. The van der Waals surface area contributed by atoms with Crippen LogP contribution in [0.5, 0.6) is 0 Å². The zero-order valence-electron chi connectivity index (χ0n) is 16.4. The van der Waals surface area contributed by atoms with Gasteiger partial charge in [-0.2, -0.15) is 0 Å². The number of hydrogen-bond acceptors (Lipinski definition) is 3. The van der Waals surface area contributed by atoms with Crippen LogP contribution in [0.1, 0.15) is 32.4 Å². The van der Waals surface area contributed by atoms with E-state index in [1.54, 1.807) is 0 Å². The van der Waals surface area contributed by atoms with Gasteiger partial charge in [-0.1, -0.05) is 28.1 Å². The van der Waals surface area contributed by atoms with E-state index in [1.165, 1.54) is 12.5 Å². The van der Waals surface area contributed by atoms with Crippen molar-refractivity contribution in [2.24, 2.45) is 4.99 Å². The lowest BCUT2D eigenvalue weighted by Crippen LogP contribution is -2.53. The second kappa shape index (κ2) is 12.6. The summed E-state index contributed by atoms with van der Waals surface area (Å²) in [4.78, 5) is 20.4. The van der Waals surface area contributed by atoms with Gasteiger partial charge in [-0.25, -0.2) is 0 Å². The predicted octanol–water partition coefficient (Wildman–Crippen LogP) is 2.85. The van der Waals surface area contributed by atoms with E-state index in [4.69, 9.17) is 0 Å². The molecule has 1 aliphatic heterocycles. The normalized spacial score (nSPS) is 16.4. The Bertz CT molecular complexity index is 603. The van der Waals surface area contributed by atoms with Gasteiger partial charge in [0.05, 0.1) is 6.54 Å². The second-order valence-corrected chi connectivity index (χ2v) is 7.38. The first kappa shape index (κ1) is 24.2. The minimum absolute atomic E-state index is 0. The number of guanidine groups is 1. The van der Waals surface area contributed by atoms with Crippen LogP contribution in [0.2, 0.25) is 0 Å². The molecule has 1 unspecified atom stereocenters. The molecule has 1 atom stereocenters. The third-order valence-corrected chi connectivity index (χ3v) is 5.12. The Morgan fingerprint density at radius 3 is 2.37 bits per heavy atom. The van der Waals surface area contributed by atoms with Gasteiger partial charge in [-0.3, -0.25) is 14.7 Å². The van der Waals surface area contributed by atoms with Crippen LogP contribution in [0, 0.1) is 0 Å². The topological polar surface area (TPSA) is 60.0 Å². The van der Waals surface area contributed by atoms with Crippen molar-refractivity contribution < 1.29 is 4.79 Å². The number of amides is 1. The molecule has 0 aromatic heterocycles. The fourth-order valence-electron chi connectivity index (χ4n) is 3.09. The molecule has 1 aliphatic rings. The van der Waals surface area contributed by atoms with E-state index in [9.17, 15) is 4.79 Å². The van der Waals surface area contributed by atoms with Crippen molar-refractivity contribution in [2.45, 2.75) is 26.8 Å². The van der Waals surface area contributed by atoms with Crippen LogP contribution in [0.3, 0.4) is 0 Å². The highest BCUT2D eigenvalue weighted by Gasteiger charge is 2.23. The van der Waals surface area contributed by atoms with Crippen molar-refractivity contribution in [3.63, 3.8) is 0 Å². The first-order valence-electron chi connectivity index (χ1n) is 9.28. The number of halogens is 2. The first-order valence-corrected chi connectivity index (χ1v) is 10.1. The summed E-state index contributed by atoms with van der Waals surface area (Å²) < 4.78 is 1.11. The number of carbonyl (C=O) groups is 1. The molecule has 1 fully saturated rings. The van der Waals surface area contributed by atoms with Crippen molar-refractivity contribution in [2.75, 3.05) is 45.8 Å². The molecule has 0 spiro atoms. The monoisotopic (exact) mass is 551 g/mol. The van der Waals surface area contributed by atoms with Gasteiger partial charge in [0.25, 0.3) is 0 Å². The van der Waals surface area contributed by atoms with E-state index in [0.29, 0.717) is 19.1 Å². The summed E-state index contributed by atoms with van der Waals surface area (Å²) >= 11 is 3.50. The van der Waals surface area contributed by atoms with Gasteiger partial charge < -0.3 is 15.5 Å². The van der Waals surface area contributed by atoms with Crippen LogP contribution in [0.25, 0.3) is 0 Å². The third kappa shape index (κ3) is 7.95. The third-order valence-electron chi connectivity index (χ3n) is 4.60. The van der Waals surface area contributed by atoms with Crippen LogP contribution < -0.4 is 10.6 Å². The van der Waals surface area contributed by atoms with E-state index in [0.717, 1.165) is 43.2 Å². The van der Waals surface area contributed by atoms with Crippen molar-refractivity contribution in [3.05, 3.63) is 34.3 Å². The van der Waals surface area contributed by atoms with Gasteiger partial charge in [-0.05, 0) is 31.5 Å². The van der Waals surface area contributed by atoms with E-state index in [1.807, 2.05) is 0 Å². The maximum Gasteiger partial charge on any atom is 0.216 e. The summed E-state index contributed by atoms with van der Waals surface area (Å²) in [5, 5.41) is 6.15. The number of aliphatic imine (C=N–C) groups is 1. The molecular formula is C19H31BrIN5O.